The van der Waals surface area contributed by atoms with Gasteiger partial charge in [-0.1, -0.05) is 72.3 Å². The van der Waals surface area contributed by atoms with Gasteiger partial charge in [0.1, 0.15) is 23.2 Å². The van der Waals surface area contributed by atoms with Crippen LogP contribution in [0.1, 0.15) is 21.5 Å². The molecule has 0 aliphatic rings. The van der Waals surface area contributed by atoms with Crippen LogP contribution in [-0.4, -0.2) is 34.7 Å². The second-order valence-electron chi connectivity index (χ2n) is 8.87. The molecule has 0 aliphatic heterocycles. The monoisotopic (exact) mass is 586 g/mol. The van der Waals surface area contributed by atoms with Gasteiger partial charge in [-0.3, -0.25) is 9.59 Å². The van der Waals surface area contributed by atoms with Crippen LogP contribution in [0.25, 0.3) is 6.08 Å². The molecule has 41 heavy (non-hydrogen) atoms. The summed E-state index contributed by atoms with van der Waals surface area (Å²) in [5.74, 6) is -0.457. The Hall–Kier alpha value is -4.53. The lowest BCUT2D eigenvalue weighted by Crippen LogP contribution is -2.45. The summed E-state index contributed by atoms with van der Waals surface area (Å²) in [5, 5.41) is 15.4. The highest BCUT2D eigenvalue weighted by Gasteiger charge is 2.23. The molecular weight excluding hydrogens is 560 g/mol. The molecule has 0 aromatic heterocycles. The minimum absolute atomic E-state index is 0.110. The smallest absolute Gasteiger partial charge is 0.327 e. The highest BCUT2D eigenvalue weighted by Crippen LogP contribution is 2.22. The van der Waals surface area contributed by atoms with Crippen molar-refractivity contribution in [2.24, 2.45) is 0 Å². The van der Waals surface area contributed by atoms with E-state index in [4.69, 9.17) is 16.3 Å². The molecule has 0 heterocycles. The molecule has 4 aromatic rings. The Morgan fingerprint density at radius 3 is 2.07 bits per heavy atom. The number of aliphatic carboxylic acids is 1. The standard InChI is InChI=1S/C32H27ClN2O5S/c33-25-15-13-24(14-16-25)30(36)34-28(19-22-11-17-27(18-12-22)40-26-9-5-2-6-10-26)31(37)35-29(32(38)39)21-41-20-23-7-3-1-4-8-23/h1-19,29H,20-21H2,(H,34,36)(H,35,37)(H,38,39)/b28-19+/t29-/m0/s1. The third-order valence-corrected chi connectivity index (χ3v) is 7.13. The van der Waals surface area contributed by atoms with Crippen molar-refractivity contribution in [2.45, 2.75) is 11.8 Å². The molecule has 3 N–H and O–H groups in total. The number of carbonyl (C=O) groups is 3. The molecule has 0 radical (unpaired) electrons. The Labute approximate surface area is 247 Å². The average molecular weight is 587 g/mol. The number of carbonyl (C=O) groups excluding carboxylic acids is 2. The van der Waals surface area contributed by atoms with Crippen molar-refractivity contribution < 1.29 is 24.2 Å². The second kappa shape index (κ2) is 14.7. The van der Waals surface area contributed by atoms with Crippen molar-refractivity contribution in [1.29, 1.82) is 0 Å². The van der Waals surface area contributed by atoms with Crippen LogP contribution < -0.4 is 15.4 Å². The van der Waals surface area contributed by atoms with Crippen LogP contribution in [0.2, 0.25) is 5.02 Å². The summed E-state index contributed by atoms with van der Waals surface area (Å²) in [6, 6.07) is 30.9. The zero-order chi connectivity index (χ0) is 29.0. The van der Waals surface area contributed by atoms with E-state index in [1.54, 1.807) is 36.4 Å². The molecule has 0 bridgehead atoms. The lowest BCUT2D eigenvalue weighted by atomic mass is 10.1. The van der Waals surface area contributed by atoms with Gasteiger partial charge in [0.15, 0.2) is 0 Å². The molecule has 0 saturated heterocycles. The van der Waals surface area contributed by atoms with Crippen LogP contribution in [0, 0.1) is 0 Å². The minimum Gasteiger partial charge on any atom is -0.480 e. The summed E-state index contributed by atoms with van der Waals surface area (Å²) in [5.41, 5.74) is 1.81. The molecule has 7 nitrogen and oxygen atoms in total. The van der Waals surface area contributed by atoms with E-state index in [-0.39, 0.29) is 17.0 Å². The summed E-state index contributed by atoms with van der Waals surface area (Å²) in [4.78, 5) is 38.2. The number of para-hydroxylation sites is 1. The van der Waals surface area contributed by atoms with E-state index < -0.39 is 23.8 Å². The van der Waals surface area contributed by atoms with Gasteiger partial charge in [0, 0.05) is 22.1 Å². The van der Waals surface area contributed by atoms with Crippen molar-refractivity contribution >= 4 is 47.2 Å². The van der Waals surface area contributed by atoms with E-state index in [2.05, 4.69) is 10.6 Å². The van der Waals surface area contributed by atoms with Gasteiger partial charge in [0.2, 0.25) is 0 Å². The van der Waals surface area contributed by atoms with E-state index >= 15 is 0 Å². The number of hydrogen-bond acceptors (Lipinski definition) is 5. The Bertz CT molecular complexity index is 1500. The first-order valence-electron chi connectivity index (χ1n) is 12.6. The van der Waals surface area contributed by atoms with E-state index in [0.29, 0.717) is 27.8 Å². The summed E-state index contributed by atoms with van der Waals surface area (Å²) < 4.78 is 5.82. The summed E-state index contributed by atoms with van der Waals surface area (Å²) >= 11 is 7.32. The average Bonchev–Trinajstić information content (AvgIpc) is 2.98. The highest BCUT2D eigenvalue weighted by molar-refractivity contribution is 7.98. The van der Waals surface area contributed by atoms with Crippen molar-refractivity contribution in [2.75, 3.05) is 5.75 Å². The van der Waals surface area contributed by atoms with Crippen LogP contribution >= 0.6 is 23.4 Å². The first-order chi connectivity index (χ1) is 19.9. The first kappa shape index (κ1) is 29.5. The Balaban J connectivity index is 1.51. The number of nitrogens with one attached hydrogen (secondary N) is 2. The number of thioether (sulfide) groups is 1. The molecule has 4 rings (SSSR count). The summed E-state index contributed by atoms with van der Waals surface area (Å²) in [6.07, 6.45) is 1.48. The van der Waals surface area contributed by atoms with E-state index in [1.165, 1.54) is 30.0 Å². The van der Waals surface area contributed by atoms with Gasteiger partial charge in [-0.15, -0.1) is 0 Å². The quantitative estimate of drug-likeness (QED) is 0.166. The van der Waals surface area contributed by atoms with Gasteiger partial charge in [0.25, 0.3) is 11.8 Å². The molecular formula is C32H27ClN2O5S. The topological polar surface area (TPSA) is 105 Å². The molecule has 0 fully saturated rings. The highest BCUT2D eigenvalue weighted by atomic mass is 35.5. The van der Waals surface area contributed by atoms with Gasteiger partial charge >= 0.3 is 5.97 Å². The molecule has 0 unspecified atom stereocenters. The number of ether oxygens (including phenoxy) is 1. The van der Waals surface area contributed by atoms with Crippen molar-refractivity contribution in [3.63, 3.8) is 0 Å². The largest absolute Gasteiger partial charge is 0.480 e. The van der Waals surface area contributed by atoms with Gasteiger partial charge in [-0.25, -0.2) is 4.79 Å². The van der Waals surface area contributed by atoms with Crippen molar-refractivity contribution in [3.8, 4) is 11.5 Å². The summed E-state index contributed by atoms with van der Waals surface area (Å²) in [7, 11) is 0. The molecule has 1 atom stereocenters. The third kappa shape index (κ3) is 9.27. The van der Waals surface area contributed by atoms with E-state index in [9.17, 15) is 19.5 Å². The molecule has 2 amide bonds. The Morgan fingerprint density at radius 1 is 0.829 bits per heavy atom. The number of halogens is 1. The zero-order valence-electron chi connectivity index (χ0n) is 21.8. The fourth-order valence-electron chi connectivity index (χ4n) is 3.66. The van der Waals surface area contributed by atoms with Crippen LogP contribution in [0.15, 0.2) is 115 Å². The van der Waals surface area contributed by atoms with Crippen molar-refractivity contribution in [3.05, 3.63) is 137 Å². The maximum Gasteiger partial charge on any atom is 0.327 e. The number of rotatable bonds is 12. The van der Waals surface area contributed by atoms with E-state index in [0.717, 1.165) is 5.56 Å². The first-order valence-corrected chi connectivity index (χ1v) is 14.2. The van der Waals surface area contributed by atoms with Gasteiger partial charge in [-0.2, -0.15) is 11.8 Å². The zero-order valence-corrected chi connectivity index (χ0v) is 23.4. The molecule has 9 heteroatoms. The predicted molar refractivity (Wildman–Crippen MR) is 162 cm³/mol. The minimum atomic E-state index is -1.18. The number of carboxylic acid groups (broad SMARTS) is 1. The molecule has 0 saturated carbocycles. The number of carboxylic acids is 1. The van der Waals surface area contributed by atoms with Crippen LogP contribution in [0.4, 0.5) is 0 Å². The lowest BCUT2D eigenvalue weighted by Gasteiger charge is -2.17. The molecule has 0 spiro atoms. The van der Waals surface area contributed by atoms with Gasteiger partial charge in [-0.05, 0) is 65.7 Å². The van der Waals surface area contributed by atoms with Gasteiger partial charge in [0.05, 0.1) is 0 Å². The third-order valence-electron chi connectivity index (χ3n) is 5.77. The summed E-state index contributed by atoms with van der Waals surface area (Å²) in [6.45, 7) is 0. The molecule has 0 aliphatic carbocycles. The van der Waals surface area contributed by atoms with Crippen LogP contribution in [0.5, 0.6) is 11.5 Å². The van der Waals surface area contributed by atoms with Crippen LogP contribution in [0.3, 0.4) is 0 Å². The Morgan fingerprint density at radius 2 is 1.44 bits per heavy atom. The number of amides is 2. The number of hydrogen-bond donors (Lipinski definition) is 3. The normalized spacial score (nSPS) is 11.8. The fraction of sp³-hybridized carbons (Fsp3) is 0.0938. The number of benzene rings is 4. The molecule has 208 valence electrons. The predicted octanol–water partition coefficient (Wildman–Crippen LogP) is 6.41. The second-order valence-corrected chi connectivity index (χ2v) is 10.3. The van der Waals surface area contributed by atoms with E-state index in [1.807, 2.05) is 60.7 Å². The van der Waals surface area contributed by atoms with Gasteiger partial charge < -0.3 is 20.5 Å². The maximum absolute atomic E-state index is 13.3. The SMILES string of the molecule is O=C(N[C@@H](CSCc1ccccc1)C(=O)O)/C(=C\c1ccc(Oc2ccccc2)cc1)NC(=O)c1ccc(Cl)cc1. The lowest BCUT2D eigenvalue weighted by molar-refractivity contribution is -0.140. The fourth-order valence-corrected chi connectivity index (χ4v) is 4.79. The Kier molecular flexibility index (Phi) is 10.6. The van der Waals surface area contributed by atoms with Crippen LogP contribution in [-0.2, 0) is 15.3 Å². The maximum atomic E-state index is 13.3. The van der Waals surface area contributed by atoms with Crippen molar-refractivity contribution in [1.82, 2.24) is 10.6 Å². The molecule has 4 aromatic carbocycles.